The van der Waals surface area contributed by atoms with Crippen molar-refractivity contribution >= 4 is 5.78 Å². The standard InChI is InChI=1S/C11H14O/c1-9-3-4-10(12)8-11(7-9)5-2-6-11/h3-4,7H,2,5-6,8H2,1H3. The molecule has 12 heavy (non-hydrogen) atoms. The first-order valence-corrected chi connectivity index (χ1v) is 4.61. The summed E-state index contributed by atoms with van der Waals surface area (Å²) in [5.41, 5.74) is 1.51. The van der Waals surface area contributed by atoms with Gasteiger partial charge in [0.05, 0.1) is 0 Å². The molecule has 0 radical (unpaired) electrons. The molecule has 2 aliphatic carbocycles. The molecule has 0 aromatic carbocycles. The van der Waals surface area contributed by atoms with E-state index >= 15 is 0 Å². The first kappa shape index (κ1) is 7.78. The van der Waals surface area contributed by atoms with Crippen molar-refractivity contribution in [3.63, 3.8) is 0 Å². The number of hydrogen-bond donors (Lipinski definition) is 0. The van der Waals surface area contributed by atoms with Crippen LogP contribution in [-0.2, 0) is 4.79 Å². The van der Waals surface area contributed by atoms with Crippen molar-refractivity contribution in [3.8, 4) is 0 Å². The molecule has 0 unspecified atom stereocenters. The highest BCUT2D eigenvalue weighted by molar-refractivity contribution is 5.91. The molecule has 1 spiro atoms. The summed E-state index contributed by atoms with van der Waals surface area (Å²) in [6.07, 6.45) is 10.4. The fraction of sp³-hybridized carbons (Fsp3) is 0.545. The minimum atomic E-state index is 0.255. The molecular formula is C11H14O. The Balaban J connectivity index is 2.27. The predicted molar refractivity (Wildman–Crippen MR) is 48.8 cm³/mol. The van der Waals surface area contributed by atoms with Gasteiger partial charge in [-0.2, -0.15) is 0 Å². The normalized spacial score (nSPS) is 26.4. The molecule has 64 valence electrons. The minimum absolute atomic E-state index is 0.255. The summed E-state index contributed by atoms with van der Waals surface area (Å²) in [5, 5.41) is 0. The van der Waals surface area contributed by atoms with Crippen LogP contribution >= 0.6 is 0 Å². The van der Waals surface area contributed by atoms with Gasteiger partial charge in [-0.1, -0.05) is 24.1 Å². The molecular weight excluding hydrogens is 148 g/mol. The second-order valence-corrected chi connectivity index (χ2v) is 4.08. The van der Waals surface area contributed by atoms with E-state index in [-0.39, 0.29) is 5.41 Å². The fourth-order valence-electron chi connectivity index (χ4n) is 2.16. The number of carbonyl (C=O) groups excluding carboxylic acids is 1. The van der Waals surface area contributed by atoms with Gasteiger partial charge in [0.25, 0.3) is 0 Å². The number of allylic oxidation sites excluding steroid dienone is 4. The van der Waals surface area contributed by atoms with Crippen LogP contribution in [0.4, 0.5) is 0 Å². The molecule has 0 amide bonds. The van der Waals surface area contributed by atoms with Gasteiger partial charge in [0.15, 0.2) is 5.78 Å². The zero-order valence-electron chi connectivity index (χ0n) is 7.47. The van der Waals surface area contributed by atoms with E-state index in [0.717, 1.165) is 6.42 Å². The van der Waals surface area contributed by atoms with Crippen LogP contribution in [0.15, 0.2) is 23.8 Å². The average molecular weight is 162 g/mol. The minimum Gasteiger partial charge on any atom is -0.295 e. The molecule has 0 heterocycles. The maximum absolute atomic E-state index is 11.3. The van der Waals surface area contributed by atoms with Crippen molar-refractivity contribution in [3.05, 3.63) is 23.8 Å². The summed E-state index contributed by atoms with van der Waals surface area (Å²) >= 11 is 0. The zero-order chi connectivity index (χ0) is 8.60. The van der Waals surface area contributed by atoms with Crippen LogP contribution in [0.2, 0.25) is 0 Å². The molecule has 2 rings (SSSR count). The summed E-state index contributed by atoms with van der Waals surface area (Å²) in [6, 6.07) is 0. The van der Waals surface area contributed by atoms with Crippen LogP contribution < -0.4 is 0 Å². The van der Waals surface area contributed by atoms with E-state index in [4.69, 9.17) is 0 Å². The van der Waals surface area contributed by atoms with E-state index in [2.05, 4.69) is 13.0 Å². The molecule has 0 aromatic heterocycles. The lowest BCUT2D eigenvalue weighted by Crippen LogP contribution is -2.29. The maximum Gasteiger partial charge on any atom is 0.156 e. The van der Waals surface area contributed by atoms with Gasteiger partial charge < -0.3 is 0 Å². The Morgan fingerprint density at radius 3 is 2.67 bits per heavy atom. The van der Waals surface area contributed by atoms with E-state index in [1.165, 1.54) is 24.8 Å². The third kappa shape index (κ3) is 1.24. The second kappa shape index (κ2) is 2.58. The monoisotopic (exact) mass is 162 g/mol. The van der Waals surface area contributed by atoms with Crippen molar-refractivity contribution in [2.45, 2.75) is 32.6 Å². The van der Waals surface area contributed by atoms with Crippen molar-refractivity contribution in [1.82, 2.24) is 0 Å². The summed E-state index contributed by atoms with van der Waals surface area (Å²) in [7, 11) is 0. The Hall–Kier alpha value is -0.850. The van der Waals surface area contributed by atoms with Crippen molar-refractivity contribution in [1.29, 1.82) is 0 Å². The molecule has 0 aliphatic heterocycles. The molecule has 1 heteroatoms. The molecule has 1 saturated carbocycles. The Kier molecular flexibility index (Phi) is 1.67. The van der Waals surface area contributed by atoms with Crippen LogP contribution in [0.25, 0.3) is 0 Å². The van der Waals surface area contributed by atoms with E-state index in [0.29, 0.717) is 5.78 Å². The highest BCUT2D eigenvalue weighted by atomic mass is 16.1. The molecule has 1 fully saturated rings. The highest BCUT2D eigenvalue weighted by Gasteiger charge is 2.36. The molecule has 0 N–H and O–H groups in total. The first-order valence-electron chi connectivity index (χ1n) is 4.61. The van der Waals surface area contributed by atoms with Gasteiger partial charge in [-0.25, -0.2) is 0 Å². The fourth-order valence-corrected chi connectivity index (χ4v) is 2.16. The predicted octanol–water partition coefficient (Wildman–Crippen LogP) is 2.63. The smallest absolute Gasteiger partial charge is 0.156 e. The summed E-state index contributed by atoms with van der Waals surface area (Å²) in [4.78, 5) is 11.3. The van der Waals surface area contributed by atoms with E-state index in [9.17, 15) is 4.79 Å². The van der Waals surface area contributed by atoms with Gasteiger partial charge in [-0.15, -0.1) is 0 Å². The number of rotatable bonds is 0. The maximum atomic E-state index is 11.3. The number of carbonyl (C=O) groups is 1. The van der Waals surface area contributed by atoms with E-state index < -0.39 is 0 Å². The quantitative estimate of drug-likeness (QED) is 0.535. The van der Waals surface area contributed by atoms with Crippen LogP contribution in [0.5, 0.6) is 0 Å². The lowest BCUT2D eigenvalue weighted by Gasteiger charge is -2.38. The van der Waals surface area contributed by atoms with Gasteiger partial charge in [-0.05, 0) is 31.3 Å². The molecule has 0 saturated heterocycles. The molecule has 2 aliphatic rings. The van der Waals surface area contributed by atoms with Crippen LogP contribution in [0.3, 0.4) is 0 Å². The third-order valence-corrected chi connectivity index (χ3v) is 2.94. The van der Waals surface area contributed by atoms with Crippen molar-refractivity contribution < 1.29 is 4.79 Å². The van der Waals surface area contributed by atoms with Gasteiger partial charge in [0.2, 0.25) is 0 Å². The summed E-state index contributed by atoms with van der Waals surface area (Å²) in [6.45, 7) is 2.08. The van der Waals surface area contributed by atoms with Crippen LogP contribution in [-0.4, -0.2) is 5.78 Å². The topological polar surface area (TPSA) is 17.1 Å². The van der Waals surface area contributed by atoms with Gasteiger partial charge in [0.1, 0.15) is 0 Å². The van der Waals surface area contributed by atoms with Crippen molar-refractivity contribution in [2.24, 2.45) is 5.41 Å². The zero-order valence-corrected chi connectivity index (χ0v) is 7.47. The van der Waals surface area contributed by atoms with E-state index in [1.54, 1.807) is 6.08 Å². The Morgan fingerprint density at radius 2 is 2.08 bits per heavy atom. The van der Waals surface area contributed by atoms with Crippen molar-refractivity contribution in [2.75, 3.05) is 0 Å². The molecule has 0 bridgehead atoms. The number of hydrogen-bond acceptors (Lipinski definition) is 1. The highest BCUT2D eigenvalue weighted by Crippen LogP contribution is 2.47. The summed E-state index contributed by atoms with van der Waals surface area (Å²) in [5.74, 6) is 0.294. The Morgan fingerprint density at radius 1 is 1.33 bits per heavy atom. The molecule has 0 aromatic rings. The van der Waals surface area contributed by atoms with Gasteiger partial charge in [-0.3, -0.25) is 4.79 Å². The molecule has 1 nitrogen and oxygen atoms in total. The lowest BCUT2D eigenvalue weighted by atomic mass is 9.66. The third-order valence-electron chi connectivity index (χ3n) is 2.94. The Labute approximate surface area is 73.2 Å². The molecule has 0 atom stereocenters. The SMILES string of the molecule is CC1=CC2(CCC2)CC(=O)C=C1. The second-order valence-electron chi connectivity index (χ2n) is 4.08. The first-order chi connectivity index (χ1) is 5.70. The lowest BCUT2D eigenvalue weighted by molar-refractivity contribution is -0.117. The van der Waals surface area contributed by atoms with E-state index in [1.807, 2.05) is 6.08 Å². The number of ketones is 1. The van der Waals surface area contributed by atoms with Crippen LogP contribution in [0, 0.1) is 5.41 Å². The van der Waals surface area contributed by atoms with Crippen LogP contribution in [0.1, 0.15) is 32.6 Å². The van der Waals surface area contributed by atoms with Gasteiger partial charge in [0, 0.05) is 6.42 Å². The Bertz CT molecular complexity index is 267. The largest absolute Gasteiger partial charge is 0.295 e. The van der Waals surface area contributed by atoms with Gasteiger partial charge >= 0.3 is 0 Å². The summed E-state index contributed by atoms with van der Waals surface area (Å²) < 4.78 is 0. The average Bonchev–Trinajstić information content (AvgIpc) is 2.09.